The summed E-state index contributed by atoms with van der Waals surface area (Å²) >= 11 is 6.07. The van der Waals surface area contributed by atoms with Crippen LogP contribution in [-0.4, -0.2) is 13.1 Å². The highest BCUT2D eigenvalue weighted by molar-refractivity contribution is 6.31. The maximum atomic E-state index is 12.9. The van der Waals surface area contributed by atoms with E-state index < -0.39 is 0 Å². The van der Waals surface area contributed by atoms with Crippen molar-refractivity contribution in [3.63, 3.8) is 0 Å². The quantitative estimate of drug-likeness (QED) is 0.777. The van der Waals surface area contributed by atoms with Crippen LogP contribution in [0.3, 0.4) is 0 Å². The molecule has 0 aromatic heterocycles. The van der Waals surface area contributed by atoms with Gasteiger partial charge in [0.2, 0.25) is 0 Å². The Kier molecular flexibility index (Phi) is 3.27. The lowest BCUT2D eigenvalue weighted by atomic mass is 9.82. The van der Waals surface area contributed by atoms with Crippen LogP contribution in [0.4, 0.5) is 4.39 Å². The normalized spacial score (nSPS) is 26.6. The average Bonchev–Trinajstić information content (AvgIpc) is 2.20. The summed E-state index contributed by atoms with van der Waals surface area (Å²) in [6.45, 7) is 4.23. The summed E-state index contributed by atoms with van der Waals surface area (Å²) in [7, 11) is 0. The minimum absolute atomic E-state index is 0.259. The van der Waals surface area contributed by atoms with Crippen molar-refractivity contribution in [1.29, 1.82) is 0 Å². The van der Waals surface area contributed by atoms with Crippen LogP contribution in [0.25, 0.3) is 0 Å². The van der Waals surface area contributed by atoms with E-state index in [1.807, 2.05) is 6.07 Å². The Bertz CT molecular complexity index is 353. The van der Waals surface area contributed by atoms with Crippen LogP contribution in [0, 0.1) is 11.7 Å². The first-order valence-corrected chi connectivity index (χ1v) is 5.72. The summed E-state index contributed by atoms with van der Waals surface area (Å²) < 4.78 is 12.9. The topological polar surface area (TPSA) is 12.0 Å². The van der Waals surface area contributed by atoms with Gasteiger partial charge in [0.05, 0.1) is 0 Å². The molecule has 1 saturated heterocycles. The number of nitrogens with one attached hydrogen (secondary N) is 1. The second-order valence-electron chi connectivity index (χ2n) is 4.24. The molecule has 0 aliphatic carbocycles. The highest BCUT2D eigenvalue weighted by Gasteiger charge is 2.24. The fraction of sp³-hybridized carbons (Fsp3) is 0.500. The van der Waals surface area contributed by atoms with Gasteiger partial charge in [0.1, 0.15) is 5.82 Å². The number of benzene rings is 1. The van der Waals surface area contributed by atoms with Crippen LogP contribution in [-0.2, 0) is 0 Å². The molecule has 15 heavy (non-hydrogen) atoms. The Morgan fingerprint density at radius 3 is 2.93 bits per heavy atom. The molecule has 1 heterocycles. The van der Waals surface area contributed by atoms with Gasteiger partial charge in [0.15, 0.2) is 0 Å². The van der Waals surface area contributed by atoms with Gasteiger partial charge in [-0.2, -0.15) is 0 Å². The molecule has 1 aromatic rings. The van der Waals surface area contributed by atoms with Crippen molar-refractivity contribution in [1.82, 2.24) is 5.32 Å². The lowest BCUT2D eigenvalue weighted by molar-refractivity contribution is 0.349. The smallest absolute Gasteiger partial charge is 0.124 e. The molecule has 0 radical (unpaired) electrons. The van der Waals surface area contributed by atoms with Crippen molar-refractivity contribution < 1.29 is 4.39 Å². The number of hydrogen-bond acceptors (Lipinski definition) is 1. The second-order valence-corrected chi connectivity index (χ2v) is 4.65. The summed E-state index contributed by atoms with van der Waals surface area (Å²) in [5.41, 5.74) is 1.09. The molecule has 1 fully saturated rings. The average molecular weight is 228 g/mol. The highest BCUT2D eigenvalue weighted by Crippen LogP contribution is 2.34. The van der Waals surface area contributed by atoms with E-state index in [-0.39, 0.29) is 5.82 Å². The van der Waals surface area contributed by atoms with Gasteiger partial charge in [-0.15, -0.1) is 0 Å². The van der Waals surface area contributed by atoms with Gasteiger partial charge in [-0.25, -0.2) is 4.39 Å². The van der Waals surface area contributed by atoms with Crippen LogP contribution < -0.4 is 5.32 Å². The molecular formula is C12H15ClFN. The minimum atomic E-state index is -0.259. The Balaban J connectivity index is 2.27. The van der Waals surface area contributed by atoms with Gasteiger partial charge in [0, 0.05) is 5.02 Å². The number of halogens is 2. The van der Waals surface area contributed by atoms with Gasteiger partial charge in [0.25, 0.3) is 0 Å². The van der Waals surface area contributed by atoms with E-state index in [1.54, 1.807) is 0 Å². The lowest BCUT2D eigenvalue weighted by Gasteiger charge is -2.30. The molecule has 1 nitrogen and oxygen atoms in total. The highest BCUT2D eigenvalue weighted by atomic mass is 35.5. The predicted octanol–water partition coefficient (Wildman–Crippen LogP) is 3.19. The van der Waals surface area contributed by atoms with Crippen molar-refractivity contribution in [3.05, 3.63) is 34.6 Å². The first kappa shape index (κ1) is 10.9. The molecule has 1 aromatic carbocycles. The third-order valence-electron chi connectivity index (χ3n) is 3.15. The van der Waals surface area contributed by atoms with Crippen molar-refractivity contribution in [3.8, 4) is 0 Å². The van der Waals surface area contributed by atoms with Crippen LogP contribution in [0.5, 0.6) is 0 Å². The molecule has 0 unspecified atom stereocenters. The fourth-order valence-electron chi connectivity index (χ4n) is 2.28. The summed E-state index contributed by atoms with van der Waals surface area (Å²) in [6.07, 6.45) is 1.08. The SMILES string of the molecule is C[C@@H]1CNCC[C@@H]1c1ccc(F)cc1Cl. The molecule has 0 amide bonds. The summed E-state index contributed by atoms with van der Waals surface area (Å²) in [5, 5.41) is 3.91. The molecule has 0 saturated carbocycles. The first-order valence-electron chi connectivity index (χ1n) is 5.34. The van der Waals surface area contributed by atoms with Crippen molar-refractivity contribution in [2.75, 3.05) is 13.1 Å². The Hall–Kier alpha value is -0.600. The van der Waals surface area contributed by atoms with Gasteiger partial charge < -0.3 is 5.32 Å². The Labute approximate surface area is 94.6 Å². The molecule has 0 spiro atoms. The molecule has 1 aliphatic heterocycles. The standard InChI is InChI=1S/C12H15ClFN/c1-8-7-15-5-4-10(8)11-3-2-9(14)6-12(11)13/h2-3,6,8,10,15H,4-5,7H2,1H3/t8-,10+/m1/s1. The third kappa shape index (κ3) is 2.32. The zero-order valence-corrected chi connectivity index (χ0v) is 9.52. The largest absolute Gasteiger partial charge is 0.316 e. The summed E-state index contributed by atoms with van der Waals surface area (Å²) in [6, 6.07) is 4.73. The van der Waals surface area contributed by atoms with E-state index in [0.29, 0.717) is 16.9 Å². The maximum Gasteiger partial charge on any atom is 0.124 e. The number of rotatable bonds is 1. The first-order chi connectivity index (χ1) is 7.18. The predicted molar refractivity (Wildman–Crippen MR) is 60.8 cm³/mol. The Morgan fingerprint density at radius 1 is 1.47 bits per heavy atom. The molecule has 1 N–H and O–H groups in total. The van der Waals surface area contributed by atoms with E-state index in [1.165, 1.54) is 12.1 Å². The Morgan fingerprint density at radius 2 is 2.27 bits per heavy atom. The fourth-order valence-corrected chi connectivity index (χ4v) is 2.59. The van der Waals surface area contributed by atoms with Crippen LogP contribution in [0.1, 0.15) is 24.8 Å². The van der Waals surface area contributed by atoms with E-state index in [4.69, 9.17) is 11.6 Å². The molecule has 1 aliphatic rings. The van der Waals surface area contributed by atoms with E-state index >= 15 is 0 Å². The monoisotopic (exact) mass is 227 g/mol. The second kappa shape index (κ2) is 4.50. The third-order valence-corrected chi connectivity index (χ3v) is 3.47. The molecule has 3 heteroatoms. The number of piperidine rings is 1. The van der Waals surface area contributed by atoms with Crippen molar-refractivity contribution in [2.24, 2.45) is 5.92 Å². The molecule has 0 bridgehead atoms. The summed E-state index contributed by atoms with van der Waals surface area (Å²) in [5.74, 6) is 0.756. The zero-order chi connectivity index (χ0) is 10.8. The maximum absolute atomic E-state index is 12.9. The molecular weight excluding hydrogens is 213 g/mol. The molecule has 2 atom stereocenters. The van der Waals surface area contributed by atoms with Crippen molar-refractivity contribution in [2.45, 2.75) is 19.3 Å². The number of hydrogen-bond donors (Lipinski definition) is 1. The van der Waals surface area contributed by atoms with Crippen molar-refractivity contribution >= 4 is 11.6 Å². The van der Waals surface area contributed by atoms with E-state index in [0.717, 1.165) is 25.1 Å². The molecule has 2 rings (SSSR count). The summed E-state index contributed by atoms with van der Waals surface area (Å²) in [4.78, 5) is 0. The lowest BCUT2D eigenvalue weighted by Crippen LogP contribution is -2.33. The van der Waals surface area contributed by atoms with E-state index in [2.05, 4.69) is 12.2 Å². The van der Waals surface area contributed by atoms with E-state index in [9.17, 15) is 4.39 Å². The molecule has 82 valence electrons. The van der Waals surface area contributed by atoms with Crippen LogP contribution >= 0.6 is 11.6 Å². The van der Waals surface area contributed by atoms with Crippen LogP contribution in [0.2, 0.25) is 5.02 Å². The van der Waals surface area contributed by atoms with Gasteiger partial charge >= 0.3 is 0 Å². The van der Waals surface area contributed by atoms with Gasteiger partial charge in [-0.1, -0.05) is 24.6 Å². The van der Waals surface area contributed by atoms with Gasteiger partial charge in [-0.05, 0) is 49.0 Å². The van der Waals surface area contributed by atoms with Crippen LogP contribution in [0.15, 0.2) is 18.2 Å². The minimum Gasteiger partial charge on any atom is -0.316 e. The zero-order valence-electron chi connectivity index (χ0n) is 8.76. The van der Waals surface area contributed by atoms with Gasteiger partial charge in [-0.3, -0.25) is 0 Å².